The average molecular weight is 458 g/mol. The van der Waals surface area contributed by atoms with Gasteiger partial charge in [-0.25, -0.2) is 0 Å². The van der Waals surface area contributed by atoms with Crippen molar-refractivity contribution in [3.8, 4) is 0 Å². The number of aromatic nitrogens is 1. The van der Waals surface area contributed by atoms with Gasteiger partial charge in [-0.05, 0) is 43.6 Å². The predicted octanol–water partition coefficient (Wildman–Crippen LogP) is 3.78. The van der Waals surface area contributed by atoms with Crippen molar-refractivity contribution in [3.63, 3.8) is 0 Å². The number of rotatable bonds is 5. The number of nitrogens with one attached hydrogen (secondary N) is 3. The molecule has 1 heterocycles. The summed E-state index contributed by atoms with van der Waals surface area (Å²) in [6.45, 7) is 0.889. The SMILES string of the molecule is CN=C(NCCc1c[nH]c2ccccc12)NC1CCC(SC)C1.I. The molecule has 1 fully saturated rings. The lowest BCUT2D eigenvalue weighted by Gasteiger charge is -2.17. The largest absolute Gasteiger partial charge is 0.361 e. The molecule has 0 amide bonds. The van der Waals surface area contributed by atoms with Gasteiger partial charge >= 0.3 is 0 Å². The number of para-hydroxylation sites is 1. The fraction of sp³-hybridized carbons (Fsp3) is 0.500. The summed E-state index contributed by atoms with van der Waals surface area (Å²) in [6.07, 6.45) is 9.11. The molecule has 3 rings (SSSR count). The van der Waals surface area contributed by atoms with Crippen LogP contribution in [-0.4, -0.2) is 42.1 Å². The van der Waals surface area contributed by atoms with E-state index in [2.05, 4.69) is 57.3 Å². The number of hydrogen-bond acceptors (Lipinski definition) is 2. The van der Waals surface area contributed by atoms with Crippen LogP contribution in [0.1, 0.15) is 24.8 Å². The quantitative estimate of drug-likeness (QED) is 0.363. The molecule has 2 atom stereocenters. The summed E-state index contributed by atoms with van der Waals surface area (Å²) < 4.78 is 0. The zero-order valence-corrected chi connectivity index (χ0v) is 17.5. The molecule has 1 aromatic carbocycles. The molecule has 132 valence electrons. The van der Waals surface area contributed by atoms with Crippen molar-refractivity contribution in [2.75, 3.05) is 19.8 Å². The van der Waals surface area contributed by atoms with E-state index in [4.69, 9.17) is 0 Å². The standard InChI is InChI=1S/C18H26N4S.HI/c1-19-18(22-14-7-8-15(11-14)23-2)20-10-9-13-12-21-17-6-4-3-5-16(13)17;/h3-6,12,14-15,21H,7-11H2,1-2H3,(H2,19,20,22);1H. The third-order valence-electron chi connectivity index (χ3n) is 4.64. The van der Waals surface area contributed by atoms with Gasteiger partial charge in [0, 0.05) is 42.0 Å². The Hall–Kier alpha value is -0.890. The van der Waals surface area contributed by atoms with Crippen LogP contribution in [0.25, 0.3) is 10.9 Å². The second kappa shape index (κ2) is 9.56. The first-order valence-electron chi connectivity index (χ1n) is 8.35. The van der Waals surface area contributed by atoms with Crippen LogP contribution in [-0.2, 0) is 6.42 Å². The summed E-state index contributed by atoms with van der Waals surface area (Å²) >= 11 is 1.98. The molecule has 0 radical (unpaired) electrons. The van der Waals surface area contributed by atoms with Crippen molar-refractivity contribution in [2.24, 2.45) is 4.99 Å². The van der Waals surface area contributed by atoms with Gasteiger partial charge in [-0.2, -0.15) is 11.8 Å². The summed E-state index contributed by atoms with van der Waals surface area (Å²) in [5, 5.41) is 9.13. The molecule has 0 saturated heterocycles. The van der Waals surface area contributed by atoms with Crippen LogP contribution in [0, 0.1) is 0 Å². The minimum atomic E-state index is 0. The van der Waals surface area contributed by atoms with Gasteiger partial charge in [-0.3, -0.25) is 4.99 Å². The Morgan fingerprint density at radius 3 is 2.92 bits per heavy atom. The molecule has 0 spiro atoms. The minimum absolute atomic E-state index is 0. The van der Waals surface area contributed by atoms with Gasteiger partial charge in [-0.15, -0.1) is 24.0 Å². The highest BCUT2D eigenvalue weighted by atomic mass is 127. The number of guanidine groups is 1. The van der Waals surface area contributed by atoms with Gasteiger partial charge in [0.25, 0.3) is 0 Å². The van der Waals surface area contributed by atoms with Crippen LogP contribution < -0.4 is 10.6 Å². The van der Waals surface area contributed by atoms with E-state index in [1.807, 2.05) is 18.8 Å². The number of H-pyrrole nitrogens is 1. The Morgan fingerprint density at radius 1 is 1.33 bits per heavy atom. The van der Waals surface area contributed by atoms with Crippen LogP contribution in [0.5, 0.6) is 0 Å². The van der Waals surface area contributed by atoms with E-state index in [1.165, 1.54) is 35.7 Å². The number of nitrogens with zero attached hydrogens (tertiary/aromatic N) is 1. The van der Waals surface area contributed by atoms with Crippen molar-refractivity contribution in [2.45, 2.75) is 37.0 Å². The van der Waals surface area contributed by atoms with Crippen LogP contribution >= 0.6 is 35.7 Å². The van der Waals surface area contributed by atoms with E-state index in [0.29, 0.717) is 6.04 Å². The summed E-state index contributed by atoms with van der Waals surface area (Å²) in [5.41, 5.74) is 2.56. The van der Waals surface area contributed by atoms with Crippen molar-refractivity contribution in [3.05, 3.63) is 36.0 Å². The number of aromatic amines is 1. The van der Waals surface area contributed by atoms with Crippen LogP contribution in [0.2, 0.25) is 0 Å². The fourth-order valence-electron chi connectivity index (χ4n) is 3.33. The number of halogens is 1. The molecule has 1 aliphatic carbocycles. The maximum Gasteiger partial charge on any atom is 0.191 e. The molecule has 1 saturated carbocycles. The van der Waals surface area contributed by atoms with Gasteiger partial charge in [0.05, 0.1) is 0 Å². The van der Waals surface area contributed by atoms with Crippen molar-refractivity contribution >= 4 is 52.6 Å². The second-order valence-electron chi connectivity index (χ2n) is 6.12. The second-order valence-corrected chi connectivity index (χ2v) is 7.26. The normalized spacial score (nSPS) is 20.8. The molecule has 6 heteroatoms. The first-order valence-corrected chi connectivity index (χ1v) is 9.64. The summed E-state index contributed by atoms with van der Waals surface area (Å²) in [6, 6.07) is 9.02. The van der Waals surface area contributed by atoms with Crippen molar-refractivity contribution in [1.82, 2.24) is 15.6 Å². The molecule has 24 heavy (non-hydrogen) atoms. The summed E-state index contributed by atoms with van der Waals surface area (Å²) in [4.78, 5) is 7.70. The van der Waals surface area contributed by atoms with E-state index >= 15 is 0 Å². The van der Waals surface area contributed by atoms with E-state index < -0.39 is 0 Å². The molecule has 2 unspecified atom stereocenters. The van der Waals surface area contributed by atoms with Gasteiger partial charge < -0.3 is 15.6 Å². The lowest BCUT2D eigenvalue weighted by atomic mass is 10.1. The molecular formula is C18H27IN4S. The zero-order valence-electron chi connectivity index (χ0n) is 14.3. The highest BCUT2D eigenvalue weighted by Crippen LogP contribution is 2.28. The molecule has 3 N–H and O–H groups in total. The highest BCUT2D eigenvalue weighted by molar-refractivity contribution is 14.0. The highest BCUT2D eigenvalue weighted by Gasteiger charge is 2.24. The third kappa shape index (κ3) is 4.81. The average Bonchev–Trinajstić information content (AvgIpc) is 3.21. The van der Waals surface area contributed by atoms with E-state index in [0.717, 1.165) is 24.2 Å². The Balaban J connectivity index is 0.00000208. The monoisotopic (exact) mass is 458 g/mol. The molecule has 2 aromatic rings. The zero-order chi connectivity index (χ0) is 16.1. The maximum absolute atomic E-state index is 4.36. The van der Waals surface area contributed by atoms with Gasteiger partial charge in [-0.1, -0.05) is 18.2 Å². The van der Waals surface area contributed by atoms with E-state index in [-0.39, 0.29) is 24.0 Å². The maximum atomic E-state index is 4.36. The van der Waals surface area contributed by atoms with Crippen molar-refractivity contribution in [1.29, 1.82) is 0 Å². The number of aliphatic imine (C=N–C) groups is 1. The van der Waals surface area contributed by atoms with Crippen LogP contribution in [0.4, 0.5) is 0 Å². The first-order chi connectivity index (χ1) is 11.3. The van der Waals surface area contributed by atoms with Crippen LogP contribution in [0.15, 0.2) is 35.5 Å². The Kier molecular flexibility index (Phi) is 7.74. The number of thioether (sulfide) groups is 1. The first kappa shape index (κ1) is 19.4. The fourth-order valence-corrected chi connectivity index (χ4v) is 4.12. The van der Waals surface area contributed by atoms with Crippen molar-refractivity contribution < 1.29 is 0 Å². The number of fused-ring (bicyclic) bond motifs is 1. The number of hydrogen-bond donors (Lipinski definition) is 3. The number of benzene rings is 1. The molecule has 1 aromatic heterocycles. The van der Waals surface area contributed by atoms with Gasteiger partial charge in [0.15, 0.2) is 5.96 Å². The van der Waals surface area contributed by atoms with E-state index in [9.17, 15) is 0 Å². The van der Waals surface area contributed by atoms with Gasteiger partial charge in [0.1, 0.15) is 0 Å². The Morgan fingerprint density at radius 2 is 2.17 bits per heavy atom. The Labute approximate surface area is 165 Å². The lowest BCUT2D eigenvalue weighted by Crippen LogP contribution is -2.43. The smallest absolute Gasteiger partial charge is 0.191 e. The third-order valence-corrected chi connectivity index (χ3v) is 5.74. The molecule has 4 nitrogen and oxygen atoms in total. The lowest BCUT2D eigenvalue weighted by molar-refractivity contribution is 0.615. The van der Waals surface area contributed by atoms with Crippen LogP contribution in [0.3, 0.4) is 0 Å². The van der Waals surface area contributed by atoms with Gasteiger partial charge in [0.2, 0.25) is 0 Å². The topological polar surface area (TPSA) is 52.2 Å². The molecule has 1 aliphatic rings. The minimum Gasteiger partial charge on any atom is -0.361 e. The molecule has 0 aliphatic heterocycles. The summed E-state index contributed by atoms with van der Waals surface area (Å²) in [5.74, 6) is 0.927. The Bertz CT molecular complexity index is 670. The predicted molar refractivity (Wildman–Crippen MR) is 117 cm³/mol. The summed E-state index contributed by atoms with van der Waals surface area (Å²) in [7, 11) is 1.85. The van der Waals surface area contributed by atoms with E-state index in [1.54, 1.807) is 0 Å². The molecule has 0 bridgehead atoms. The molecular weight excluding hydrogens is 431 g/mol.